The van der Waals surface area contributed by atoms with Crippen molar-refractivity contribution in [2.45, 2.75) is 83.6 Å². The van der Waals surface area contributed by atoms with Crippen LogP contribution < -0.4 is 20.7 Å². The van der Waals surface area contributed by atoms with Gasteiger partial charge >= 0.3 is 11.7 Å². The van der Waals surface area contributed by atoms with Crippen LogP contribution >= 0.6 is 8.30 Å². The number of rotatable bonds is 18. The van der Waals surface area contributed by atoms with E-state index in [0.717, 1.165) is 16.7 Å². The van der Waals surface area contributed by atoms with Crippen LogP contribution in [0.4, 0.5) is 0 Å². The molecule has 13 nitrogen and oxygen atoms in total. The van der Waals surface area contributed by atoms with Crippen molar-refractivity contribution in [3.8, 4) is 17.6 Å². The molecular formula is C42H51N4O9P. The summed E-state index contributed by atoms with van der Waals surface area (Å²) in [7, 11) is 1.61. The van der Waals surface area contributed by atoms with Gasteiger partial charge in [0.2, 0.25) is 0 Å². The predicted molar refractivity (Wildman–Crippen MR) is 213 cm³/mol. The fraction of sp³-hybridized carbons (Fsp3) is 0.429. The second-order valence-electron chi connectivity index (χ2n) is 14.0. The number of esters is 1. The Kier molecular flexibility index (Phi) is 14.6. The maximum atomic E-state index is 13.2. The summed E-state index contributed by atoms with van der Waals surface area (Å²) in [5, 5.41) is 9.01. The van der Waals surface area contributed by atoms with Crippen LogP contribution in [0.2, 0.25) is 0 Å². The average Bonchev–Trinajstić information content (AvgIpc) is 3.59. The zero-order chi connectivity index (χ0) is 40.4. The van der Waals surface area contributed by atoms with Gasteiger partial charge in [0.05, 0.1) is 39.4 Å². The number of aromatic nitrogens is 2. The number of H-pyrrole nitrogens is 1. The molecule has 4 aromatic rings. The van der Waals surface area contributed by atoms with E-state index in [9.17, 15) is 14.4 Å². The molecule has 1 fully saturated rings. The maximum Gasteiger partial charge on any atom is 0.330 e. The van der Waals surface area contributed by atoms with Crippen LogP contribution in [0.1, 0.15) is 69.0 Å². The number of hydrogen-bond donors (Lipinski definition) is 1. The second kappa shape index (κ2) is 19.4. The Hall–Kier alpha value is -4.83. The quantitative estimate of drug-likeness (QED) is 0.0514. The fourth-order valence-corrected chi connectivity index (χ4v) is 9.24. The van der Waals surface area contributed by atoms with Gasteiger partial charge in [0.1, 0.15) is 50.5 Å². The van der Waals surface area contributed by atoms with Gasteiger partial charge in [0.15, 0.2) is 0 Å². The maximum absolute atomic E-state index is 13.2. The van der Waals surface area contributed by atoms with Crippen molar-refractivity contribution >= 4 is 14.3 Å². The SMILES string of the molecule is COc1ccc(C(OC[C@H]2O[C@@H](n3cc(C)c(=O)[nH]c3=O)C[C@@H]2OP(CC(=O)OCCC#N)N(C(C)C)C(C)C)(c2ccccc2)c2ccc(OC)cc2)cc1. The molecule has 14 heteroatoms. The normalized spacial score (nSPS) is 17.6. The number of aryl methyl sites for hydroxylation is 1. The lowest BCUT2D eigenvalue weighted by atomic mass is 9.80. The van der Waals surface area contributed by atoms with Crippen LogP contribution in [0.3, 0.4) is 0 Å². The predicted octanol–water partition coefficient (Wildman–Crippen LogP) is 6.43. The summed E-state index contributed by atoms with van der Waals surface area (Å²) in [6.07, 6.45) is -0.504. The minimum absolute atomic E-state index is 0.00109. The number of hydrogen-bond acceptors (Lipinski definition) is 11. The van der Waals surface area contributed by atoms with Gasteiger partial charge in [-0.05, 0) is 75.6 Å². The zero-order valence-electron chi connectivity index (χ0n) is 33.0. The highest BCUT2D eigenvalue weighted by atomic mass is 31.2. The zero-order valence-corrected chi connectivity index (χ0v) is 33.9. The molecule has 0 aliphatic carbocycles. The highest BCUT2D eigenvalue weighted by molar-refractivity contribution is 7.51. The lowest BCUT2D eigenvalue weighted by molar-refractivity contribution is -0.140. The van der Waals surface area contributed by atoms with E-state index < -0.39 is 49.6 Å². The van der Waals surface area contributed by atoms with Crippen molar-refractivity contribution in [3.63, 3.8) is 0 Å². The summed E-state index contributed by atoms with van der Waals surface area (Å²) in [5.74, 6) is 0.888. The van der Waals surface area contributed by atoms with E-state index in [1.54, 1.807) is 21.1 Å². The third-order valence-electron chi connectivity index (χ3n) is 9.59. The van der Waals surface area contributed by atoms with Gasteiger partial charge in [-0.3, -0.25) is 23.8 Å². The van der Waals surface area contributed by atoms with Gasteiger partial charge in [-0.25, -0.2) is 4.79 Å². The van der Waals surface area contributed by atoms with Gasteiger partial charge < -0.3 is 28.2 Å². The molecule has 5 rings (SSSR count). The van der Waals surface area contributed by atoms with Crippen LogP contribution in [0.25, 0.3) is 0 Å². The lowest BCUT2D eigenvalue weighted by Crippen LogP contribution is -2.40. The van der Waals surface area contributed by atoms with Crippen LogP contribution in [-0.2, 0) is 29.1 Å². The van der Waals surface area contributed by atoms with E-state index in [1.165, 1.54) is 10.8 Å². The first-order chi connectivity index (χ1) is 26.9. The van der Waals surface area contributed by atoms with E-state index in [4.69, 9.17) is 33.5 Å². The average molecular weight is 787 g/mol. The first kappa shape index (κ1) is 42.3. The third-order valence-corrected chi connectivity index (χ3v) is 12.1. The number of methoxy groups -OCH3 is 2. The van der Waals surface area contributed by atoms with E-state index in [1.807, 2.05) is 113 Å². The Morgan fingerprint density at radius 3 is 2.05 bits per heavy atom. The van der Waals surface area contributed by atoms with Crippen LogP contribution in [0, 0.1) is 18.3 Å². The van der Waals surface area contributed by atoms with Gasteiger partial charge in [-0.1, -0.05) is 54.6 Å². The number of nitrogens with one attached hydrogen (secondary N) is 1. The Labute approximate surface area is 329 Å². The number of carbonyl (C=O) groups excluding carboxylic acids is 1. The van der Waals surface area contributed by atoms with E-state index in [2.05, 4.69) is 9.65 Å². The molecule has 298 valence electrons. The largest absolute Gasteiger partial charge is 0.497 e. The molecule has 56 heavy (non-hydrogen) atoms. The Bertz CT molecular complexity index is 1990. The molecule has 3 aromatic carbocycles. The van der Waals surface area contributed by atoms with Crippen molar-refractivity contribution in [2.24, 2.45) is 0 Å². The van der Waals surface area contributed by atoms with Crippen LogP contribution in [-0.4, -0.2) is 78.1 Å². The highest BCUT2D eigenvalue weighted by Gasteiger charge is 2.45. The van der Waals surface area contributed by atoms with Crippen molar-refractivity contribution in [1.29, 1.82) is 5.26 Å². The van der Waals surface area contributed by atoms with Crippen molar-refractivity contribution in [1.82, 2.24) is 14.2 Å². The van der Waals surface area contributed by atoms with Gasteiger partial charge in [-0.15, -0.1) is 0 Å². The van der Waals surface area contributed by atoms with Crippen molar-refractivity contribution in [3.05, 3.63) is 128 Å². The molecule has 1 unspecified atom stereocenters. The molecule has 4 atom stereocenters. The number of ether oxygens (including phenoxy) is 5. The van der Waals surface area contributed by atoms with Crippen LogP contribution in [0.15, 0.2) is 94.6 Å². The number of nitrogens with zero attached hydrogens (tertiary/aromatic N) is 3. The molecule has 0 saturated carbocycles. The Morgan fingerprint density at radius 2 is 1.52 bits per heavy atom. The number of aromatic amines is 1. The smallest absolute Gasteiger partial charge is 0.330 e. The highest BCUT2D eigenvalue weighted by Crippen LogP contribution is 2.50. The Balaban J connectivity index is 1.60. The molecule has 2 heterocycles. The number of benzene rings is 3. The van der Waals surface area contributed by atoms with E-state index in [0.29, 0.717) is 17.1 Å². The standard InChI is InChI=1S/C42H51N4O9P/c1-28(2)46(29(3)4)56(27-39(47)52-23-11-22-43)55-36-24-38(45-25-30(5)40(48)44-41(45)49)54-37(36)26-53-42(31-12-9-8-10-13-31,32-14-18-34(50-6)19-15-32)33-16-20-35(51-7)21-17-33/h8-10,12-21,25,28-29,36-38H,11,23-24,26-27H2,1-7H3,(H,44,48,49)/t36-,37+,38+,56?/m0/s1. The monoisotopic (exact) mass is 786 g/mol. The number of carbonyl (C=O) groups is 1. The third kappa shape index (κ3) is 9.75. The molecule has 0 amide bonds. The lowest BCUT2D eigenvalue weighted by Gasteiger charge is -2.39. The molecule has 1 saturated heterocycles. The first-order valence-electron chi connectivity index (χ1n) is 18.6. The van der Waals surface area contributed by atoms with Crippen molar-refractivity contribution in [2.75, 3.05) is 33.6 Å². The topological polar surface area (TPSA) is 154 Å². The summed E-state index contributed by atoms with van der Waals surface area (Å²) in [4.78, 5) is 41.1. The summed E-state index contributed by atoms with van der Waals surface area (Å²) in [5.41, 5.74) is 0.573. The van der Waals surface area contributed by atoms with E-state index >= 15 is 0 Å². The molecule has 1 aromatic heterocycles. The molecule has 1 aliphatic heterocycles. The molecule has 1 N–H and O–H groups in total. The molecule has 1 aliphatic rings. The second-order valence-corrected chi connectivity index (χ2v) is 15.7. The summed E-state index contributed by atoms with van der Waals surface area (Å²) in [6, 6.07) is 27.2. The molecule has 0 bridgehead atoms. The fourth-order valence-electron chi connectivity index (χ4n) is 7.02. The minimum atomic E-state index is -1.62. The first-order valence-corrected chi connectivity index (χ1v) is 20.0. The van der Waals surface area contributed by atoms with Crippen LogP contribution in [0.5, 0.6) is 11.5 Å². The Morgan fingerprint density at radius 1 is 0.946 bits per heavy atom. The van der Waals surface area contributed by atoms with Gasteiger partial charge in [0.25, 0.3) is 5.56 Å². The van der Waals surface area contributed by atoms with Gasteiger partial charge in [-0.2, -0.15) is 5.26 Å². The summed E-state index contributed by atoms with van der Waals surface area (Å²) >= 11 is 0. The van der Waals surface area contributed by atoms with Gasteiger partial charge in [0, 0.05) is 30.3 Å². The molecular weight excluding hydrogens is 735 g/mol. The van der Waals surface area contributed by atoms with E-state index in [-0.39, 0.29) is 44.3 Å². The molecule has 0 radical (unpaired) electrons. The molecule has 0 spiro atoms. The van der Waals surface area contributed by atoms with Crippen molar-refractivity contribution < 1.29 is 33.0 Å². The minimum Gasteiger partial charge on any atom is -0.497 e. The summed E-state index contributed by atoms with van der Waals surface area (Å²) < 4.78 is 40.8. The summed E-state index contributed by atoms with van der Waals surface area (Å²) in [6.45, 7) is 9.74. The number of nitriles is 1.